The summed E-state index contributed by atoms with van der Waals surface area (Å²) in [4.78, 5) is 12.5. The van der Waals surface area contributed by atoms with E-state index in [2.05, 4.69) is 41.6 Å². The van der Waals surface area contributed by atoms with Gasteiger partial charge in [-0.25, -0.2) is 0 Å². The molecule has 0 fully saturated rings. The van der Waals surface area contributed by atoms with E-state index in [0.29, 0.717) is 18.8 Å². The minimum Gasteiger partial charge on any atom is -0.365 e. The number of para-hydroxylation sites is 1. The van der Waals surface area contributed by atoms with Gasteiger partial charge in [0.1, 0.15) is 6.10 Å². The molecule has 1 amide bonds. The fourth-order valence-electron chi connectivity index (χ4n) is 3.12. The predicted octanol–water partition coefficient (Wildman–Crippen LogP) is 4.02. The third kappa shape index (κ3) is 3.26. The molecule has 1 aromatic heterocycles. The maximum Gasteiger partial charge on any atom is 0.276 e. The maximum absolute atomic E-state index is 12.5. The third-order valence-corrected chi connectivity index (χ3v) is 4.71. The van der Waals surface area contributed by atoms with Crippen molar-refractivity contribution in [3.05, 3.63) is 82.7 Å². The monoisotopic (exact) mass is 347 g/mol. The van der Waals surface area contributed by atoms with Gasteiger partial charge in [-0.2, -0.15) is 5.10 Å². The van der Waals surface area contributed by atoms with E-state index in [1.165, 1.54) is 5.56 Å². The van der Waals surface area contributed by atoms with E-state index in [0.717, 1.165) is 22.5 Å². The molecule has 1 atom stereocenters. The number of rotatable bonds is 3. The molecule has 0 bridgehead atoms. The number of carbonyl (C=O) groups excluding carboxylic acids is 1. The van der Waals surface area contributed by atoms with Crippen LogP contribution in [0.25, 0.3) is 0 Å². The molecule has 2 aromatic carbocycles. The Morgan fingerprint density at radius 3 is 2.69 bits per heavy atom. The van der Waals surface area contributed by atoms with Gasteiger partial charge in [-0.1, -0.05) is 48.0 Å². The summed E-state index contributed by atoms with van der Waals surface area (Å²) in [6, 6.07) is 17.8. The zero-order valence-electron chi connectivity index (χ0n) is 14.9. The van der Waals surface area contributed by atoms with Crippen LogP contribution in [0.15, 0.2) is 54.6 Å². The standard InChI is InChI=1S/C21H21N3O2/c1-14-7-9-16(10-8-14)20-12-24-17(13-26-20)11-19(23-24)21(25)22-18-6-4-3-5-15(18)2/h3-11,20H,12-13H2,1-2H3,(H,22,25)/t20-/m0/s1. The minimum atomic E-state index is -0.201. The Labute approximate surface area is 152 Å². The van der Waals surface area contributed by atoms with E-state index in [9.17, 15) is 4.79 Å². The zero-order chi connectivity index (χ0) is 18.1. The molecule has 0 saturated carbocycles. The SMILES string of the molecule is Cc1ccc([C@@H]2Cn3nc(C(=O)Nc4ccccc4C)cc3CO2)cc1. The van der Waals surface area contributed by atoms with Gasteiger partial charge in [0.05, 0.1) is 18.8 Å². The van der Waals surface area contributed by atoms with Gasteiger partial charge < -0.3 is 10.1 Å². The van der Waals surface area contributed by atoms with Crippen molar-refractivity contribution in [1.82, 2.24) is 9.78 Å². The number of ether oxygens (including phenoxy) is 1. The van der Waals surface area contributed by atoms with E-state index < -0.39 is 0 Å². The summed E-state index contributed by atoms with van der Waals surface area (Å²) in [6.45, 7) is 5.09. The quantitative estimate of drug-likeness (QED) is 0.778. The molecule has 132 valence electrons. The molecule has 0 aliphatic carbocycles. The van der Waals surface area contributed by atoms with Gasteiger partial charge in [0.2, 0.25) is 0 Å². The summed E-state index contributed by atoms with van der Waals surface area (Å²) in [5.41, 5.74) is 5.51. The molecule has 3 aromatic rings. The van der Waals surface area contributed by atoms with Crippen LogP contribution in [0.1, 0.15) is 39.0 Å². The lowest BCUT2D eigenvalue weighted by molar-refractivity contribution is -0.00119. The van der Waals surface area contributed by atoms with Gasteiger partial charge in [-0.05, 0) is 37.1 Å². The number of nitrogens with one attached hydrogen (secondary N) is 1. The van der Waals surface area contributed by atoms with Crippen molar-refractivity contribution in [3.63, 3.8) is 0 Å². The van der Waals surface area contributed by atoms with Crippen LogP contribution in [-0.2, 0) is 17.9 Å². The van der Waals surface area contributed by atoms with Crippen LogP contribution in [0.3, 0.4) is 0 Å². The van der Waals surface area contributed by atoms with Crippen molar-refractivity contribution in [2.24, 2.45) is 0 Å². The highest BCUT2D eigenvalue weighted by Crippen LogP contribution is 2.27. The fraction of sp³-hybridized carbons (Fsp3) is 0.238. The van der Waals surface area contributed by atoms with Crippen LogP contribution in [0, 0.1) is 13.8 Å². The highest BCUT2D eigenvalue weighted by atomic mass is 16.5. The molecule has 4 rings (SSSR count). The predicted molar refractivity (Wildman–Crippen MR) is 100 cm³/mol. The Morgan fingerprint density at radius 2 is 1.92 bits per heavy atom. The molecule has 5 heteroatoms. The summed E-state index contributed by atoms with van der Waals surface area (Å²) in [5.74, 6) is -0.201. The smallest absolute Gasteiger partial charge is 0.276 e. The molecule has 1 aliphatic heterocycles. The van der Waals surface area contributed by atoms with Gasteiger partial charge in [0.15, 0.2) is 5.69 Å². The van der Waals surface area contributed by atoms with Crippen molar-refractivity contribution in [2.75, 3.05) is 5.32 Å². The molecule has 2 heterocycles. The summed E-state index contributed by atoms with van der Waals surface area (Å²) < 4.78 is 7.84. The molecule has 0 saturated heterocycles. The Kier molecular flexibility index (Phi) is 4.31. The van der Waals surface area contributed by atoms with Gasteiger partial charge >= 0.3 is 0 Å². The number of anilines is 1. The van der Waals surface area contributed by atoms with Gasteiger partial charge in [-0.3, -0.25) is 9.48 Å². The Balaban J connectivity index is 1.51. The van der Waals surface area contributed by atoms with E-state index in [4.69, 9.17) is 4.74 Å². The third-order valence-electron chi connectivity index (χ3n) is 4.71. The first-order valence-corrected chi connectivity index (χ1v) is 8.72. The lowest BCUT2D eigenvalue weighted by atomic mass is 10.1. The first kappa shape index (κ1) is 16.5. The maximum atomic E-state index is 12.5. The second kappa shape index (κ2) is 6.77. The number of fused-ring (bicyclic) bond motifs is 1. The molecule has 0 unspecified atom stereocenters. The molecule has 26 heavy (non-hydrogen) atoms. The van der Waals surface area contributed by atoms with E-state index in [1.54, 1.807) is 6.07 Å². The number of hydrogen-bond acceptors (Lipinski definition) is 3. The lowest BCUT2D eigenvalue weighted by Crippen LogP contribution is -2.22. The van der Waals surface area contributed by atoms with Crippen molar-refractivity contribution >= 4 is 11.6 Å². The number of aromatic nitrogens is 2. The van der Waals surface area contributed by atoms with Gasteiger partial charge in [-0.15, -0.1) is 0 Å². The second-order valence-corrected chi connectivity index (χ2v) is 6.68. The summed E-state index contributed by atoms with van der Waals surface area (Å²) in [7, 11) is 0. The van der Waals surface area contributed by atoms with Gasteiger partial charge in [0.25, 0.3) is 5.91 Å². The highest BCUT2D eigenvalue weighted by molar-refractivity contribution is 6.03. The van der Waals surface area contributed by atoms with Crippen molar-refractivity contribution < 1.29 is 9.53 Å². The van der Waals surface area contributed by atoms with Crippen LogP contribution < -0.4 is 5.32 Å². The molecular weight excluding hydrogens is 326 g/mol. The molecule has 0 radical (unpaired) electrons. The Bertz CT molecular complexity index is 944. The zero-order valence-corrected chi connectivity index (χ0v) is 14.9. The van der Waals surface area contributed by atoms with Crippen molar-refractivity contribution in [3.8, 4) is 0 Å². The molecule has 5 nitrogen and oxygen atoms in total. The fourth-order valence-corrected chi connectivity index (χ4v) is 3.12. The number of nitrogens with zero attached hydrogens (tertiary/aromatic N) is 2. The first-order valence-electron chi connectivity index (χ1n) is 8.72. The number of benzene rings is 2. The van der Waals surface area contributed by atoms with Crippen LogP contribution >= 0.6 is 0 Å². The summed E-state index contributed by atoms with van der Waals surface area (Å²) >= 11 is 0. The molecule has 1 aliphatic rings. The van der Waals surface area contributed by atoms with E-state index in [-0.39, 0.29) is 12.0 Å². The molecular formula is C21H21N3O2. The average molecular weight is 347 g/mol. The van der Waals surface area contributed by atoms with Gasteiger partial charge in [0, 0.05) is 5.69 Å². The molecule has 1 N–H and O–H groups in total. The number of amides is 1. The Morgan fingerprint density at radius 1 is 1.15 bits per heavy atom. The number of aryl methyl sites for hydroxylation is 2. The van der Waals surface area contributed by atoms with Crippen LogP contribution in [-0.4, -0.2) is 15.7 Å². The average Bonchev–Trinajstić information content (AvgIpc) is 3.07. The summed E-state index contributed by atoms with van der Waals surface area (Å²) in [6.07, 6.45) is -0.0460. The number of carbonyl (C=O) groups is 1. The Hall–Kier alpha value is -2.92. The van der Waals surface area contributed by atoms with Crippen molar-refractivity contribution in [1.29, 1.82) is 0 Å². The van der Waals surface area contributed by atoms with Crippen LogP contribution in [0.5, 0.6) is 0 Å². The lowest BCUT2D eigenvalue weighted by Gasteiger charge is -2.24. The molecule has 0 spiro atoms. The normalized spacial score (nSPS) is 16.2. The van der Waals surface area contributed by atoms with Crippen LogP contribution in [0.2, 0.25) is 0 Å². The highest BCUT2D eigenvalue weighted by Gasteiger charge is 2.24. The second-order valence-electron chi connectivity index (χ2n) is 6.68. The van der Waals surface area contributed by atoms with E-state index in [1.807, 2.05) is 35.9 Å². The largest absolute Gasteiger partial charge is 0.365 e. The van der Waals surface area contributed by atoms with E-state index >= 15 is 0 Å². The number of hydrogen-bond donors (Lipinski definition) is 1. The van der Waals surface area contributed by atoms with Crippen LogP contribution in [0.4, 0.5) is 5.69 Å². The van der Waals surface area contributed by atoms with Crippen molar-refractivity contribution in [2.45, 2.75) is 33.1 Å². The topological polar surface area (TPSA) is 56.2 Å². The summed E-state index contributed by atoms with van der Waals surface area (Å²) in [5, 5.41) is 7.42. The first-order chi connectivity index (χ1) is 12.6. The minimum absolute atomic E-state index is 0.0460.